The topological polar surface area (TPSA) is 46.8 Å². The lowest BCUT2D eigenvalue weighted by molar-refractivity contribution is 0.158. The molecule has 0 fully saturated rings. The zero-order valence-electron chi connectivity index (χ0n) is 14.5. The summed E-state index contributed by atoms with van der Waals surface area (Å²) in [6.45, 7) is 4.92. The van der Waals surface area contributed by atoms with Crippen LogP contribution in [-0.4, -0.2) is 31.2 Å². The first-order valence-corrected chi connectivity index (χ1v) is 9.72. The summed E-state index contributed by atoms with van der Waals surface area (Å²) in [6, 6.07) is 17.1. The quantitative estimate of drug-likeness (QED) is 0.550. The first-order valence-electron chi connectivity index (χ1n) is 8.84. The van der Waals surface area contributed by atoms with Gasteiger partial charge in [0.15, 0.2) is 5.82 Å². The molecule has 130 valence electrons. The van der Waals surface area contributed by atoms with Gasteiger partial charge in [0.1, 0.15) is 5.82 Å². The van der Waals surface area contributed by atoms with Crippen molar-refractivity contribution in [2.75, 3.05) is 6.54 Å². The van der Waals surface area contributed by atoms with Gasteiger partial charge in [-0.05, 0) is 24.6 Å². The largest absolute Gasteiger partial charge is 0.287 e. The minimum Gasteiger partial charge on any atom is -0.287 e. The third-order valence-corrected chi connectivity index (χ3v) is 5.92. The van der Waals surface area contributed by atoms with Crippen molar-refractivity contribution >= 4 is 21.6 Å². The molecule has 0 saturated carbocycles. The van der Waals surface area contributed by atoms with Gasteiger partial charge < -0.3 is 0 Å². The van der Waals surface area contributed by atoms with Crippen LogP contribution in [0.15, 0.2) is 54.0 Å². The minimum absolute atomic E-state index is 0.326. The second-order valence-corrected chi connectivity index (χ2v) is 7.55. The lowest BCUT2D eigenvalue weighted by atomic mass is 10.1. The van der Waals surface area contributed by atoms with Gasteiger partial charge in [-0.3, -0.25) is 4.90 Å². The van der Waals surface area contributed by atoms with E-state index in [2.05, 4.69) is 51.8 Å². The molecule has 1 aliphatic rings. The predicted octanol–water partition coefficient (Wildman–Crippen LogP) is 4.13. The molecular weight excluding hydrogens is 342 g/mol. The van der Waals surface area contributed by atoms with Crippen molar-refractivity contribution in [2.45, 2.75) is 26.1 Å². The SMILES string of the molecule is CC(c1ccc2scnc2c1)N1CCn2nc(-c3ccccc3)nc2C1. The molecule has 3 heterocycles. The molecule has 0 bridgehead atoms. The zero-order chi connectivity index (χ0) is 17.5. The van der Waals surface area contributed by atoms with E-state index in [1.165, 1.54) is 10.3 Å². The number of thiazole rings is 1. The van der Waals surface area contributed by atoms with Gasteiger partial charge in [0.25, 0.3) is 0 Å². The number of hydrogen-bond donors (Lipinski definition) is 0. The van der Waals surface area contributed by atoms with Gasteiger partial charge in [-0.15, -0.1) is 11.3 Å². The molecule has 0 spiro atoms. The summed E-state index contributed by atoms with van der Waals surface area (Å²) in [7, 11) is 0. The van der Waals surface area contributed by atoms with E-state index in [1.807, 2.05) is 23.7 Å². The molecular formula is C20H19N5S. The first kappa shape index (κ1) is 15.7. The summed E-state index contributed by atoms with van der Waals surface area (Å²) in [4.78, 5) is 11.7. The third kappa shape index (κ3) is 2.71. The Morgan fingerprint density at radius 2 is 1.96 bits per heavy atom. The van der Waals surface area contributed by atoms with Crippen LogP contribution in [0.5, 0.6) is 0 Å². The van der Waals surface area contributed by atoms with Crippen molar-refractivity contribution in [1.82, 2.24) is 24.6 Å². The van der Waals surface area contributed by atoms with Crippen molar-refractivity contribution < 1.29 is 0 Å². The molecule has 2 aromatic heterocycles. The van der Waals surface area contributed by atoms with Crippen molar-refractivity contribution in [3.8, 4) is 11.4 Å². The van der Waals surface area contributed by atoms with Crippen LogP contribution in [0.2, 0.25) is 0 Å². The van der Waals surface area contributed by atoms with Crippen molar-refractivity contribution in [2.24, 2.45) is 0 Å². The Balaban J connectivity index is 1.40. The monoisotopic (exact) mass is 361 g/mol. The molecule has 0 aliphatic carbocycles. The van der Waals surface area contributed by atoms with Gasteiger partial charge in [0.05, 0.1) is 28.8 Å². The maximum absolute atomic E-state index is 4.79. The molecule has 4 aromatic rings. The number of hydrogen-bond acceptors (Lipinski definition) is 5. The highest BCUT2D eigenvalue weighted by Gasteiger charge is 2.24. The van der Waals surface area contributed by atoms with Crippen molar-refractivity contribution in [1.29, 1.82) is 0 Å². The molecule has 0 N–H and O–H groups in total. The van der Waals surface area contributed by atoms with Gasteiger partial charge in [-0.25, -0.2) is 14.6 Å². The maximum Gasteiger partial charge on any atom is 0.181 e. The standard InChI is InChI=1S/C20H19N5S/c1-14(16-7-8-18-17(11-16)21-13-26-18)24-9-10-25-19(12-24)22-20(23-25)15-5-3-2-4-6-15/h2-8,11,13-14H,9-10,12H2,1H3. The van der Waals surface area contributed by atoms with Crippen LogP contribution in [0.4, 0.5) is 0 Å². The highest BCUT2D eigenvalue weighted by atomic mass is 32.1. The summed E-state index contributed by atoms with van der Waals surface area (Å²) in [6.07, 6.45) is 0. The van der Waals surface area contributed by atoms with E-state index in [4.69, 9.17) is 10.1 Å². The molecule has 0 radical (unpaired) electrons. The Labute approximate surface area is 155 Å². The van der Waals surface area contributed by atoms with Crippen LogP contribution in [0, 0.1) is 0 Å². The van der Waals surface area contributed by atoms with Gasteiger partial charge in [0.2, 0.25) is 0 Å². The van der Waals surface area contributed by atoms with E-state index in [1.54, 1.807) is 11.3 Å². The van der Waals surface area contributed by atoms with Crippen LogP contribution in [0.1, 0.15) is 24.4 Å². The molecule has 2 aromatic carbocycles. The molecule has 1 aliphatic heterocycles. The molecule has 6 heteroatoms. The molecule has 5 nitrogen and oxygen atoms in total. The Morgan fingerprint density at radius 1 is 1.08 bits per heavy atom. The van der Waals surface area contributed by atoms with Gasteiger partial charge in [0, 0.05) is 18.2 Å². The fraction of sp³-hybridized carbons (Fsp3) is 0.250. The number of aromatic nitrogens is 4. The second kappa shape index (κ2) is 6.30. The molecule has 0 amide bonds. The second-order valence-electron chi connectivity index (χ2n) is 6.67. The molecule has 1 atom stereocenters. The van der Waals surface area contributed by atoms with Crippen molar-refractivity contribution in [3.05, 3.63) is 65.4 Å². The van der Waals surface area contributed by atoms with Crippen LogP contribution in [0.3, 0.4) is 0 Å². The Bertz CT molecular complexity index is 1050. The van der Waals surface area contributed by atoms with E-state index in [0.717, 1.165) is 42.4 Å². The lowest BCUT2D eigenvalue weighted by Gasteiger charge is -2.32. The average molecular weight is 361 g/mol. The van der Waals surface area contributed by atoms with E-state index in [0.29, 0.717) is 6.04 Å². The summed E-state index contributed by atoms with van der Waals surface area (Å²) in [5, 5.41) is 4.69. The normalized spacial score (nSPS) is 15.9. The Hall–Kier alpha value is -2.57. The smallest absolute Gasteiger partial charge is 0.181 e. The fourth-order valence-corrected chi connectivity index (χ4v) is 4.20. The predicted molar refractivity (Wildman–Crippen MR) is 104 cm³/mol. The Kier molecular flexibility index (Phi) is 3.80. The van der Waals surface area contributed by atoms with Crippen LogP contribution < -0.4 is 0 Å². The summed E-state index contributed by atoms with van der Waals surface area (Å²) in [5.41, 5.74) is 5.38. The van der Waals surface area contributed by atoms with Crippen LogP contribution in [0.25, 0.3) is 21.6 Å². The summed E-state index contributed by atoms with van der Waals surface area (Å²) >= 11 is 1.69. The van der Waals surface area contributed by atoms with Crippen LogP contribution >= 0.6 is 11.3 Å². The fourth-order valence-electron chi connectivity index (χ4n) is 3.54. The third-order valence-electron chi connectivity index (χ3n) is 5.11. The van der Waals surface area contributed by atoms with Crippen molar-refractivity contribution in [3.63, 3.8) is 0 Å². The minimum atomic E-state index is 0.326. The zero-order valence-corrected chi connectivity index (χ0v) is 15.4. The van der Waals surface area contributed by atoms with E-state index in [9.17, 15) is 0 Å². The van der Waals surface area contributed by atoms with Gasteiger partial charge in [-0.1, -0.05) is 36.4 Å². The number of benzene rings is 2. The highest BCUT2D eigenvalue weighted by molar-refractivity contribution is 7.16. The van der Waals surface area contributed by atoms with Gasteiger partial charge >= 0.3 is 0 Å². The average Bonchev–Trinajstić information content (AvgIpc) is 3.33. The molecule has 0 saturated heterocycles. The summed E-state index contributed by atoms with van der Waals surface area (Å²) < 4.78 is 3.29. The van der Waals surface area contributed by atoms with Gasteiger partial charge in [-0.2, -0.15) is 5.10 Å². The van der Waals surface area contributed by atoms with E-state index >= 15 is 0 Å². The number of rotatable bonds is 3. The summed E-state index contributed by atoms with van der Waals surface area (Å²) in [5.74, 6) is 1.86. The van der Waals surface area contributed by atoms with E-state index in [-0.39, 0.29) is 0 Å². The van der Waals surface area contributed by atoms with E-state index < -0.39 is 0 Å². The first-order chi connectivity index (χ1) is 12.8. The molecule has 5 rings (SSSR count). The number of fused-ring (bicyclic) bond motifs is 2. The lowest BCUT2D eigenvalue weighted by Crippen LogP contribution is -2.36. The maximum atomic E-state index is 4.79. The Morgan fingerprint density at radius 3 is 2.85 bits per heavy atom. The molecule has 1 unspecified atom stereocenters. The molecule has 26 heavy (non-hydrogen) atoms. The van der Waals surface area contributed by atoms with Crippen LogP contribution in [-0.2, 0) is 13.1 Å². The highest BCUT2D eigenvalue weighted by Crippen LogP contribution is 2.28. The number of nitrogens with zero attached hydrogens (tertiary/aromatic N) is 5.